The van der Waals surface area contributed by atoms with E-state index in [0.717, 1.165) is 50.7 Å². The van der Waals surface area contributed by atoms with Crippen molar-refractivity contribution >= 4 is 55.9 Å². The third-order valence-corrected chi connectivity index (χ3v) is 13.9. The van der Waals surface area contributed by atoms with Crippen LogP contribution in [0.1, 0.15) is 0 Å². The van der Waals surface area contributed by atoms with E-state index < -0.39 is 0 Å². The third-order valence-electron chi connectivity index (χ3n) is 13.9. The van der Waals surface area contributed by atoms with Gasteiger partial charge in [0.2, 0.25) is 5.95 Å². The number of anilines is 6. The molecule has 7 nitrogen and oxygen atoms in total. The van der Waals surface area contributed by atoms with E-state index in [1.54, 1.807) is 0 Å². The summed E-state index contributed by atoms with van der Waals surface area (Å²) in [5.41, 5.74) is 20.4. The zero-order chi connectivity index (χ0) is 46.1. The lowest BCUT2D eigenvalue weighted by molar-refractivity contribution is 1.01. The van der Waals surface area contributed by atoms with Crippen molar-refractivity contribution in [1.82, 2.24) is 24.9 Å². The predicted molar refractivity (Wildman–Crippen MR) is 285 cm³/mol. The summed E-state index contributed by atoms with van der Waals surface area (Å²) in [6.45, 7) is 0. The Labute approximate surface area is 404 Å². The van der Waals surface area contributed by atoms with E-state index in [2.05, 4.69) is 213 Å². The van der Waals surface area contributed by atoms with Crippen LogP contribution >= 0.6 is 0 Å². The number of benzene rings is 10. The molecular formula is C63H39N7. The summed E-state index contributed by atoms with van der Waals surface area (Å²) in [6.07, 6.45) is 6.96. The Kier molecular flexibility index (Phi) is 9.07. The molecule has 2 aromatic heterocycles. The van der Waals surface area contributed by atoms with Gasteiger partial charge in [-0.3, -0.25) is 4.90 Å². The molecule has 0 saturated heterocycles. The number of hydrogen-bond donors (Lipinski definition) is 0. The molecule has 0 fully saturated rings. The Morgan fingerprint density at radius 3 is 1.31 bits per heavy atom. The van der Waals surface area contributed by atoms with Crippen LogP contribution < -0.4 is 9.80 Å². The van der Waals surface area contributed by atoms with Crippen molar-refractivity contribution in [2.24, 2.45) is 0 Å². The Hall–Kier alpha value is -9.59. The molecule has 2 aliphatic rings. The van der Waals surface area contributed by atoms with Gasteiger partial charge in [-0.05, 0) is 143 Å². The van der Waals surface area contributed by atoms with Gasteiger partial charge in [0.1, 0.15) is 12.7 Å². The largest absolute Gasteiger partial charge is 0.308 e. The van der Waals surface area contributed by atoms with E-state index in [9.17, 15) is 0 Å². The Bertz CT molecular complexity index is 3940. The Morgan fingerprint density at radius 1 is 0.271 bits per heavy atom. The first-order chi connectivity index (χ1) is 34.7. The molecule has 12 aromatic rings. The summed E-state index contributed by atoms with van der Waals surface area (Å²) < 4.78 is 0. The van der Waals surface area contributed by atoms with Gasteiger partial charge in [0.05, 0.1) is 18.1 Å². The second kappa shape index (κ2) is 16.0. The van der Waals surface area contributed by atoms with Gasteiger partial charge in [-0.25, -0.2) is 24.9 Å². The molecule has 0 N–H and O–H groups in total. The maximum absolute atomic E-state index is 5.06. The van der Waals surface area contributed by atoms with E-state index >= 15 is 0 Å². The molecule has 14 rings (SSSR count). The first kappa shape index (κ1) is 39.6. The minimum atomic E-state index is 0.555. The minimum Gasteiger partial charge on any atom is -0.308 e. The topological polar surface area (TPSA) is 70.9 Å². The second-order valence-electron chi connectivity index (χ2n) is 17.7. The summed E-state index contributed by atoms with van der Waals surface area (Å²) in [5, 5.41) is 5.01. The van der Waals surface area contributed by atoms with Gasteiger partial charge in [0.15, 0.2) is 5.82 Å². The number of nitrogens with zero attached hydrogens (tertiary/aromatic N) is 7. The van der Waals surface area contributed by atoms with Gasteiger partial charge in [-0.15, -0.1) is 0 Å². The highest BCUT2D eigenvalue weighted by Crippen LogP contribution is 2.52. The first-order valence-electron chi connectivity index (χ1n) is 23.5. The van der Waals surface area contributed by atoms with Crippen molar-refractivity contribution in [3.05, 3.63) is 237 Å². The van der Waals surface area contributed by atoms with Crippen molar-refractivity contribution in [2.45, 2.75) is 0 Å². The molecule has 0 unspecified atom stereocenters. The molecule has 0 aliphatic heterocycles. The van der Waals surface area contributed by atoms with Crippen LogP contribution in [0, 0.1) is 0 Å². The fraction of sp³-hybridized carbons (Fsp3) is 0. The highest BCUT2D eigenvalue weighted by atomic mass is 15.3. The van der Waals surface area contributed by atoms with Gasteiger partial charge in [-0.1, -0.05) is 158 Å². The normalized spacial score (nSPS) is 11.7. The molecule has 0 amide bonds. The molecule has 326 valence electrons. The van der Waals surface area contributed by atoms with Crippen LogP contribution in [-0.4, -0.2) is 24.9 Å². The maximum atomic E-state index is 5.06. The molecular weight excluding hydrogens is 855 g/mol. The summed E-state index contributed by atoms with van der Waals surface area (Å²) in [6, 6.07) is 75.8. The van der Waals surface area contributed by atoms with Gasteiger partial charge in [0.25, 0.3) is 0 Å². The average molecular weight is 894 g/mol. The zero-order valence-corrected chi connectivity index (χ0v) is 37.6. The number of rotatable bonds is 9. The van der Waals surface area contributed by atoms with Crippen LogP contribution in [0.15, 0.2) is 237 Å². The molecule has 0 saturated carbocycles. The van der Waals surface area contributed by atoms with Crippen LogP contribution in [0.4, 0.5) is 34.4 Å². The van der Waals surface area contributed by atoms with E-state index in [4.69, 9.17) is 9.97 Å². The van der Waals surface area contributed by atoms with Crippen molar-refractivity contribution in [2.75, 3.05) is 9.80 Å². The number of fused-ring (bicyclic) bond motifs is 6. The van der Waals surface area contributed by atoms with Crippen LogP contribution in [-0.2, 0) is 0 Å². The SMILES string of the molecule is c1ccc(N(c2cnc(-c3ccc4c(c3)-c3cccc5c(-c6cccc(N(c7ccccc7)c7ncncn7)c6)ccc-4c35)nc2)c2cccc(-c3ccc4c5c(cccc35)-c3ccccc3-4)c2)cc1. The Balaban J connectivity index is 0.801. The van der Waals surface area contributed by atoms with E-state index in [-0.39, 0.29) is 0 Å². The lowest BCUT2D eigenvalue weighted by atomic mass is 9.94. The minimum absolute atomic E-state index is 0.555. The van der Waals surface area contributed by atoms with Crippen molar-refractivity contribution in [3.63, 3.8) is 0 Å². The quantitative estimate of drug-likeness (QED) is 0.143. The van der Waals surface area contributed by atoms with Crippen molar-refractivity contribution in [1.29, 1.82) is 0 Å². The molecule has 2 aliphatic carbocycles. The zero-order valence-electron chi connectivity index (χ0n) is 37.6. The van der Waals surface area contributed by atoms with Crippen LogP contribution in [0.2, 0.25) is 0 Å². The molecule has 7 heteroatoms. The van der Waals surface area contributed by atoms with Gasteiger partial charge in [-0.2, -0.15) is 0 Å². The van der Waals surface area contributed by atoms with Gasteiger partial charge >= 0.3 is 0 Å². The lowest BCUT2D eigenvalue weighted by Gasteiger charge is -2.25. The fourth-order valence-electron chi connectivity index (χ4n) is 10.8. The van der Waals surface area contributed by atoms with Crippen LogP contribution in [0.3, 0.4) is 0 Å². The lowest BCUT2D eigenvalue weighted by Crippen LogP contribution is -2.13. The number of hydrogen-bond acceptors (Lipinski definition) is 7. The van der Waals surface area contributed by atoms with Crippen molar-refractivity contribution in [3.8, 4) is 78.1 Å². The number of aromatic nitrogens is 5. The van der Waals surface area contributed by atoms with Gasteiger partial charge in [0, 0.05) is 28.3 Å². The maximum Gasteiger partial charge on any atom is 0.237 e. The molecule has 0 spiro atoms. The summed E-state index contributed by atoms with van der Waals surface area (Å²) in [5.74, 6) is 1.22. The molecule has 0 radical (unpaired) electrons. The van der Waals surface area contributed by atoms with Gasteiger partial charge < -0.3 is 4.90 Å². The summed E-state index contributed by atoms with van der Waals surface area (Å²) in [4.78, 5) is 27.6. The average Bonchev–Trinajstić information content (AvgIpc) is 3.94. The fourth-order valence-corrected chi connectivity index (χ4v) is 10.8. The summed E-state index contributed by atoms with van der Waals surface area (Å²) >= 11 is 0. The number of para-hydroxylation sites is 2. The van der Waals surface area contributed by atoms with E-state index in [1.165, 1.54) is 84.3 Å². The summed E-state index contributed by atoms with van der Waals surface area (Å²) in [7, 11) is 0. The standard InChI is InChI=1S/C63H39N7/c1-3-15-43(16-4-1)69(45-19-9-13-40(33-45)48-29-31-57-51-22-8-7-21-50(51)55-25-11-23-53(48)60(55)57)47-36-65-62(66-37-47)42-27-28-52-58-32-30-49(54-24-12-26-56(61(54)58)59(52)35-42)41-14-10-20-46(34-41)70(44-17-5-2-6-18-44)63-67-38-64-39-68-63/h1-39H. The van der Waals surface area contributed by atoms with Crippen molar-refractivity contribution < 1.29 is 0 Å². The Morgan fingerprint density at radius 2 is 0.714 bits per heavy atom. The highest BCUT2D eigenvalue weighted by molar-refractivity contribution is 6.20. The first-order valence-corrected chi connectivity index (χ1v) is 23.5. The third kappa shape index (κ3) is 6.33. The molecule has 70 heavy (non-hydrogen) atoms. The van der Waals surface area contributed by atoms with Crippen LogP contribution in [0.25, 0.3) is 99.7 Å². The smallest absolute Gasteiger partial charge is 0.237 e. The van der Waals surface area contributed by atoms with E-state index in [1.807, 2.05) is 36.7 Å². The monoisotopic (exact) mass is 893 g/mol. The van der Waals surface area contributed by atoms with Crippen LogP contribution in [0.5, 0.6) is 0 Å². The second-order valence-corrected chi connectivity index (χ2v) is 17.7. The molecule has 2 heterocycles. The highest BCUT2D eigenvalue weighted by Gasteiger charge is 2.26. The molecule has 0 bridgehead atoms. The molecule has 10 aromatic carbocycles. The molecule has 0 atom stereocenters. The van der Waals surface area contributed by atoms with E-state index in [0.29, 0.717) is 11.8 Å². The predicted octanol–water partition coefficient (Wildman–Crippen LogP) is 16.2.